The van der Waals surface area contributed by atoms with E-state index in [0.717, 1.165) is 5.56 Å². The summed E-state index contributed by atoms with van der Waals surface area (Å²) in [6.07, 6.45) is 4.28. The van der Waals surface area contributed by atoms with E-state index in [0.29, 0.717) is 28.7 Å². The molecular formula is C17H14ClN2O3S-. The Morgan fingerprint density at radius 1 is 1.21 bits per heavy atom. The van der Waals surface area contributed by atoms with E-state index in [9.17, 15) is 14.7 Å². The molecule has 1 N–H and O–H groups in total. The third-order valence-corrected chi connectivity index (χ3v) is 5.04. The monoisotopic (exact) mass is 361 g/mol. The summed E-state index contributed by atoms with van der Waals surface area (Å²) in [6, 6.07) is 7.31. The molecule has 0 radical (unpaired) electrons. The SMILES string of the molecule is O=C(Nc1nc(-c2ccccc2Cl)cs1)[C@H]1CC=CC[C@H]1C(=O)[O-]. The smallest absolute Gasteiger partial charge is 0.230 e. The Labute approximate surface area is 148 Å². The van der Waals surface area contributed by atoms with E-state index in [4.69, 9.17) is 11.6 Å². The molecule has 24 heavy (non-hydrogen) atoms. The molecule has 3 rings (SSSR count). The van der Waals surface area contributed by atoms with Crippen LogP contribution in [0.1, 0.15) is 12.8 Å². The summed E-state index contributed by atoms with van der Waals surface area (Å²) in [6.45, 7) is 0. The van der Waals surface area contributed by atoms with Crippen LogP contribution in [-0.4, -0.2) is 16.9 Å². The lowest BCUT2D eigenvalue weighted by molar-refractivity contribution is -0.313. The number of aliphatic carboxylic acids is 1. The van der Waals surface area contributed by atoms with E-state index < -0.39 is 17.8 Å². The number of benzene rings is 1. The Bertz CT molecular complexity index is 803. The van der Waals surface area contributed by atoms with Crippen LogP contribution >= 0.6 is 22.9 Å². The van der Waals surface area contributed by atoms with Gasteiger partial charge in [-0.25, -0.2) is 4.98 Å². The summed E-state index contributed by atoms with van der Waals surface area (Å²) in [5, 5.41) is 16.7. The van der Waals surface area contributed by atoms with Gasteiger partial charge in [-0.1, -0.05) is 42.0 Å². The lowest BCUT2D eigenvalue weighted by atomic mass is 9.82. The maximum Gasteiger partial charge on any atom is 0.230 e. The number of thiazole rings is 1. The van der Waals surface area contributed by atoms with Crippen molar-refractivity contribution in [3.8, 4) is 11.3 Å². The fourth-order valence-electron chi connectivity index (χ4n) is 2.69. The number of hydrogen-bond acceptors (Lipinski definition) is 5. The van der Waals surface area contributed by atoms with Crippen molar-refractivity contribution in [3.05, 3.63) is 46.8 Å². The standard InChI is InChI=1S/C17H15ClN2O3S/c18-13-8-4-3-7-12(13)14-9-24-17(19-14)20-15(21)10-5-1-2-6-11(10)16(22)23/h1-4,7-11H,5-6H2,(H,22,23)(H,19,20,21)/p-1/t10-,11+/m0/s1. The van der Waals surface area contributed by atoms with Crippen molar-refractivity contribution >= 4 is 39.9 Å². The number of nitrogens with one attached hydrogen (secondary N) is 1. The molecule has 0 spiro atoms. The number of carboxylic acid groups (broad SMARTS) is 1. The molecule has 1 aromatic heterocycles. The van der Waals surface area contributed by atoms with Crippen molar-refractivity contribution in [2.75, 3.05) is 5.32 Å². The highest BCUT2D eigenvalue weighted by molar-refractivity contribution is 7.14. The van der Waals surface area contributed by atoms with E-state index in [1.807, 2.05) is 24.3 Å². The van der Waals surface area contributed by atoms with Gasteiger partial charge in [-0.05, 0) is 18.9 Å². The summed E-state index contributed by atoms with van der Waals surface area (Å²) >= 11 is 7.42. The molecule has 0 saturated heterocycles. The molecular weight excluding hydrogens is 348 g/mol. The minimum Gasteiger partial charge on any atom is -0.550 e. The summed E-state index contributed by atoms with van der Waals surface area (Å²) in [5.74, 6) is -3.00. The molecule has 7 heteroatoms. The molecule has 2 aromatic rings. The minimum atomic E-state index is -1.20. The second-order valence-corrected chi connectivity index (χ2v) is 6.75. The number of hydrogen-bond donors (Lipinski definition) is 1. The highest BCUT2D eigenvalue weighted by atomic mass is 35.5. The van der Waals surface area contributed by atoms with Gasteiger partial charge in [-0.2, -0.15) is 0 Å². The average Bonchev–Trinajstić information content (AvgIpc) is 3.03. The number of aromatic nitrogens is 1. The van der Waals surface area contributed by atoms with Gasteiger partial charge in [-0.3, -0.25) is 4.79 Å². The van der Waals surface area contributed by atoms with Crippen molar-refractivity contribution in [3.63, 3.8) is 0 Å². The molecule has 0 bridgehead atoms. The normalized spacial score (nSPS) is 19.9. The minimum absolute atomic E-state index is 0.309. The number of rotatable bonds is 4. The van der Waals surface area contributed by atoms with Crippen molar-refractivity contribution in [1.29, 1.82) is 0 Å². The van der Waals surface area contributed by atoms with Gasteiger partial charge in [0.1, 0.15) is 0 Å². The van der Waals surface area contributed by atoms with Crippen LogP contribution in [0.3, 0.4) is 0 Å². The van der Waals surface area contributed by atoms with E-state index in [1.165, 1.54) is 11.3 Å². The fourth-order valence-corrected chi connectivity index (χ4v) is 3.63. The summed E-state index contributed by atoms with van der Waals surface area (Å²) in [7, 11) is 0. The predicted octanol–water partition coefficient (Wildman–Crippen LogP) is 2.73. The summed E-state index contributed by atoms with van der Waals surface area (Å²) in [5.41, 5.74) is 1.45. The Morgan fingerprint density at radius 2 is 1.92 bits per heavy atom. The second-order valence-electron chi connectivity index (χ2n) is 5.48. The predicted molar refractivity (Wildman–Crippen MR) is 91.6 cm³/mol. The van der Waals surface area contributed by atoms with Crippen LogP contribution in [0.25, 0.3) is 11.3 Å². The molecule has 0 fully saturated rings. The zero-order chi connectivity index (χ0) is 17.1. The highest BCUT2D eigenvalue weighted by Gasteiger charge is 2.30. The van der Waals surface area contributed by atoms with Crippen molar-refractivity contribution in [2.45, 2.75) is 12.8 Å². The Morgan fingerprint density at radius 3 is 2.62 bits per heavy atom. The maximum atomic E-state index is 12.4. The largest absolute Gasteiger partial charge is 0.550 e. The number of allylic oxidation sites excluding steroid dienone is 2. The lowest BCUT2D eigenvalue weighted by Gasteiger charge is -2.27. The molecule has 1 heterocycles. The maximum absolute atomic E-state index is 12.4. The molecule has 5 nitrogen and oxygen atoms in total. The average molecular weight is 362 g/mol. The first-order chi connectivity index (χ1) is 11.6. The number of halogens is 1. The highest BCUT2D eigenvalue weighted by Crippen LogP contribution is 2.31. The third-order valence-electron chi connectivity index (χ3n) is 3.96. The van der Waals surface area contributed by atoms with Gasteiger partial charge in [-0.15, -0.1) is 11.3 Å². The molecule has 1 amide bonds. The molecule has 2 atom stereocenters. The second kappa shape index (κ2) is 7.15. The van der Waals surface area contributed by atoms with Crippen LogP contribution in [0.2, 0.25) is 5.02 Å². The van der Waals surface area contributed by atoms with Crippen LogP contribution in [0.5, 0.6) is 0 Å². The molecule has 0 aliphatic heterocycles. The number of amides is 1. The Kier molecular flexibility index (Phi) is 4.97. The molecule has 1 aliphatic carbocycles. The first-order valence-electron chi connectivity index (χ1n) is 7.43. The van der Waals surface area contributed by atoms with Gasteiger partial charge >= 0.3 is 0 Å². The first-order valence-corrected chi connectivity index (χ1v) is 8.69. The molecule has 124 valence electrons. The molecule has 1 aromatic carbocycles. The Hall–Kier alpha value is -2.18. The fraction of sp³-hybridized carbons (Fsp3) is 0.235. The quantitative estimate of drug-likeness (QED) is 0.849. The van der Waals surface area contributed by atoms with Crippen molar-refractivity contribution in [1.82, 2.24) is 4.98 Å². The number of anilines is 1. The zero-order valence-electron chi connectivity index (χ0n) is 12.6. The van der Waals surface area contributed by atoms with Gasteiger partial charge in [0.05, 0.1) is 11.6 Å². The lowest BCUT2D eigenvalue weighted by Crippen LogP contribution is -2.41. The number of carbonyl (C=O) groups is 2. The number of nitrogens with zero attached hydrogens (tertiary/aromatic N) is 1. The van der Waals surface area contributed by atoms with Gasteiger partial charge in [0, 0.05) is 27.9 Å². The van der Waals surface area contributed by atoms with Crippen LogP contribution in [0, 0.1) is 11.8 Å². The molecule has 0 saturated carbocycles. The van der Waals surface area contributed by atoms with Gasteiger partial charge in [0.25, 0.3) is 0 Å². The number of carbonyl (C=O) groups excluding carboxylic acids is 2. The van der Waals surface area contributed by atoms with Crippen LogP contribution in [0.4, 0.5) is 5.13 Å². The zero-order valence-corrected chi connectivity index (χ0v) is 14.1. The van der Waals surface area contributed by atoms with E-state index in [1.54, 1.807) is 17.5 Å². The van der Waals surface area contributed by atoms with Crippen molar-refractivity contribution < 1.29 is 14.7 Å². The van der Waals surface area contributed by atoms with Crippen LogP contribution < -0.4 is 10.4 Å². The van der Waals surface area contributed by atoms with Gasteiger partial charge in [0.15, 0.2) is 5.13 Å². The molecule has 0 unspecified atom stereocenters. The van der Waals surface area contributed by atoms with Crippen molar-refractivity contribution in [2.24, 2.45) is 11.8 Å². The summed E-state index contributed by atoms with van der Waals surface area (Å²) in [4.78, 5) is 28.0. The summed E-state index contributed by atoms with van der Waals surface area (Å²) < 4.78 is 0. The Balaban J connectivity index is 1.75. The van der Waals surface area contributed by atoms with E-state index in [-0.39, 0.29) is 5.91 Å². The van der Waals surface area contributed by atoms with Crippen LogP contribution in [0.15, 0.2) is 41.8 Å². The topological polar surface area (TPSA) is 82.1 Å². The number of carboxylic acids is 1. The van der Waals surface area contributed by atoms with Gasteiger partial charge in [0.2, 0.25) is 5.91 Å². The van der Waals surface area contributed by atoms with Crippen LogP contribution in [-0.2, 0) is 9.59 Å². The molecule has 1 aliphatic rings. The van der Waals surface area contributed by atoms with E-state index in [2.05, 4.69) is 10.3 Å². The van der Waals surface area contributed by atoms with Gasteiger partial charge < -0.3 is 15.2 Å². The first kappa shape index (κ1) is 16.7. The third kappa shape index (κ3) is 3.49. The van der Waals surface area contributed by atoms with E-state index >= 15 is 0 Å².